The lowest BCUT2D eigenvalue weighted by Gasteiger charge is -2.36. The van der Waals surface area contributed by atoms with Gasteiger partial charge in [-0.05, 0) is 65.7 Å². The van der Waals surface area contributed by atoms with Crippen LogP contribution in [0, 0.1) is 0 Å². The van der Waals surface area contributed by atoms with Crippen LogP contribution < -0.4 is 10.5 Å². The van der Waals surface area contributed by atoms with Crippen molar-refractivity contribution in [3.05, 3.63) is 36.0 Å². The zero-order valence-electron chi connectivity index (χ0n) is 17.6. The van der Waals surface area contributed by atoms with E-state index in [-0.39, 0.29) is 17.1 Å². The van der Waals surface area contributed by atoms with Crippen LogP contribution in [-0.2, 0) is 7.05 Å². The summed E-state index contributed by atoms with van der Waals surface area (Å²) in [5.74, 6) is 0.899. The van der Waals surface area contributed by atoms with Crippen LogP contribution in [0.15, 0.2) is 30.4 Å². The summed E-state index contributed by atoms with van der Waals surface area (Å²) < 4.78 is 7.98. The molecule has 0 fully saturated rings. The second kappa shape index (κ2) is 7.28. The summed E-state index contributed by atoms with van der Waals surface area (Å²) in [6.45, 7) is 12.5. The van der Waals surface area contributed by atoms with E-state index >= 15 is 0 Å². The van der Waals surface area contributed by atoms with Gasteiger partial charge in [-0.3, -0.25) is 9.58 Å². The number of fused-ring (bicyclic) bond motifs is 1. The number of hydrogen-bond donors (Lipinski definition) is 1. The van der Waals surface area contributed by atoms with Crippen LogP contribution in [0.4, 0.5) is 0 Å². The molecule has 0 radical (unpaired) electrons. The maximum Gasteiger partial charge on any atom is 0.120 e. The predicted octanol–water partition coefficient (Wildman–Crippen LogP) is 4.18. The minimum absolute atomic E-state index is 0.0845. The van der Waals surface area contributed by atoms with Crippen LogP contribution in [0.3, 0.4) is 0 Å². The van der Waals surface area contributed by atoms with Crippen LogP contribution in [0.2, 0.25) is 0 Å². The fourth-order valence-corrected chi connectivity index (χ4v) is 3.75. The molecule has 27 heavy (non-hydrogen) atoms. The molecule has 2 N–H and O–H groups in total. The summed E-state index contributed by atoms with van der Waals surface area (Å²) >= 11 is 0. The second-order valence-electron chi connectivity index (χ2n) is 9.32. The second-order valence-corrected chi connectivity index (χ2v) is 9.32. The molecule has 0 amide bonds. The highest BCUT2D eigenvalue weighted by Gasteiger charge is 2.33. The Morgan fingerprint density at radius 1 is 1.22 bits per heavy atom. The van der Waals surface area contributed by atoms with E-state index in [0.29, 0.717) is 6.61 Å². The van der Waals surface area contributed by atoms with Crippen LogP contribution in [0.5, 0.6) is 5.75 Å². The van der Waals surface area contributed by atoms with E-state index < -0.39 is 0 Å². The van der Waals surface area contributed by atoms with Crippen molar-refractivity contribution in [3.63, 3.8) is 0 Å². The molecule has 0 saturated carbocycles. The van der Waals surface area contributed by atoms with Gasteiger partial charge in [0.25, 0.3) is 0 Å². The van der Waals surface area contributed by atoms with Crippen molar-refractivity contribution < 1.29 is 4.74 Å². The molecule has 1 aliphatic heterocycles. The molecule has 1 unspecified atom stereocenters. The Kier molecular flexibility index (Phi) is 5.37. The summed E-state index contributed by atoms with van der Waals surface area (Å²) in [5.41, 5.74) is 8.23. The first-order valence-electron chi connectivity index (χ1n) is 9.88. The highest BCUT2D eigenvalue weighted by atomic mass is 16.5. The van der Waals surface area contributed by atoms with E-state index in [1.165, 1.54) is 5.39 Å². The molecule has 0 spiro atoms. The Balaban J connectivity index is 1.83. The lowest BCUT2D eigenvalue weighted by molar-refractivity contribution is 0.131. The monoisotopic (exact) mass is 370 g/mol. The molecule has 0 bridgehead atoms. The first-order valence-corrected chi connectivity index (χ1v) is 9.88. The molecule has 1 aromatic carbocycles. The van der Waals surface area contributed by atoms with Crippen LogP contribution in [0.25, 0.3) is 10.9 Å². The average molecular weight is 371 g/mol. The molecular formula is C22H34N4O. The van der Waals surface area contributed by atoms with E-state index in [4.69, 9.17) is 15.6 Å². The van der Waals surface area contributed by atoms with Gasteiger partial charge in [-0.25, -0.2) is 0 Å². The highest BCUT2D eigenvalue weighted by Crippen LogP contribution is 2.36. The van der Waals surface area contributed by atoms with Crippen molar-refractivity contribution in [2.75, 3.05) is 13.2 Å². The fraction of sp³-hybridized carbons (Fsp3) is 0.591. The van der Waals surface area contributed by atoms with Gasteiger partial charge < -0.3 is 10.5 Å². The normalized spacial score (nSPS) is 18.6. The summed E-state index contributed by atoms with van der Waals surface area (Å²) in [4.78, 5) is 2.48. The van der Waals surface area contributed by atoms with E-state index in [9.17, 15) is 0 Å². The molecule has 5 heteroatoms. The van der Waals surface area contributed by atoms with Crippen molar-refractivity contribution in [3.8, 4) is 5.75 Å². The smallest absolute Gasteiger partial charge is 0.120 e. The Morgan fingerprint density at radius 3 is 2.63 bits per heavy atom. The SMILES string of the molecule is Cn1nc(C2C=CCN2C(C)(C)C)c2cc(OCCCC(C)(C)N)ccc21. The molecule has 3 rings (SSSR count). The molecule has 2 aromatic rings. The van der Waals surface area contributed by atoms with Crippen molar-refractivity contribution >= 4 is 10.9 Å². The highest BCUT2D eigenvalue weighted by molar-refractivity contribution is 5.84. The number of aromatic nitrogens is 2. The molecule has 0 aliphatic carbocycles. The van der Waals surface area contributed by atoms with Crippen molar-refractivity contribution in [1.29, 1.82) is 0 Å². The Labute approximate surface area is 163 Å². The molecular weight excluding hydrogens is 336 g/mol. The van der Waals surface area contributed by atoms with E-state index in [1.54, 1.807) is 0 Å². The van der Waals surface area contributed by atoms with E-state index in [1.807, 2.05) is 17.8 Å². The van der Waals surface area contributed by atoms with Crippen LogP contribution in [0.1, 0.15) is 59.2 Å². The summed E-state index contributed by atoms with van der Waals surface area (Å²) in [5, 5.41) is 6.02. The van der Waals surface area contributed by atoms with Gasteiger partial charge in [0.05, 0.1) is 23.9 Å². The van der Waals surface area contributed by atoms with Crippen LogP contribution in [-0.4, -0.2) is 38.9 Å². The van der Waals surface area contributed by atoms with Gasteiger partial charge in [-0.1, -0.05) is 12.2 Å². The first kappa shape index (κ1) is 19.9. The van der Waals surface area contributed by atoms with Gasteiger partial charge in [0.2, 0.25) is 0 Å². The maximum absolute atomic E-state index is 6.05. The minimum atomic E-state index is -0.144. The lowest BCUT2D eigenvalue weighted by Crippen LogP contribution is -2.41. The van der Waals surface area contributed by atoms with Gasteiger partial charge in [0, 0.05) is 30.1 Å². The molecule has 148 valence electrons. The number of rotatable bonds is 6. The Bertz CT molecular complexity index is 823. The molecule has 0 saturated heterocycles. The first-order chi connectivity index (χ1) is 12.6. The third-order valence-electron chi connectivity index (χ3n) is 5.18. The van der Waals surface area contributed by atoms with Gasteiger partial charge >= 0.3 is 0 Å². The summed E-state index contributed by atoms with van der Waals surface area (Å²) in [6.07, 6.45) is 6.40. The predicted molar refractivity (Wildman–Crippen MR) is 112 cm³/mol. The number of nitrogens with two attached hydrogens (primary N) is 1. The van der Waals surface area contributed by atoms with E-state index in [0.717, 1.165) is 36.3 Å². The lowest BCUT2D eigenvalue weighted by atomic mass is 10.0. The summed E-state index contributed by atoms with van der Waals surface area (Å²) in [6, 6.07) is 6.47. The molecule has 1 atom stereocenters. The maximum atomic E-state index is 6.05. The quantitative estimate of drug-likeness (QED) is 0.612. The van der Waals surface area contributed by atoms with Crippen molar-refractivity contribution in [2.45, 2.75) is 64.6 Å². The van der Waals surface area contributed by atoms with E-state index in [2.05, 4.69) is 63.8 Å². The Morgan fingerprint density at radius 2 is 1.96 bits per heavy atom. The molecule has 2 heterocycles. The number of benzene rings is 1. The molecule has 1 aliphatic rings. The Hall–Kier alpha value is -1.85. The minimum Gasteiger partial charge on any atom is -0.494 e. The van der Waals surface area contributed by atoms with Gasteiger partial charge in [-0.15, -0.1) is 0 Å². The summed E-state index contributed by atoms with van der Waals surface area (Å²) in [7, 11) is 2.01. The zero-order chi connectivity index (χ0) is 19.8. The number of nitrogens with zero attached hydrogens (tertiary/aromatic N) is 3. The van der Waals surface area contributed by atoms with Crippen molar-refractivity contribution in [2.24, 2.45) is 12.8 Å². The number of aryl methyl sites for hydroxylation is 1. The zero-order valence-corrected chi connectivity index (χ0v) is 17.6. The van der Waals surface area contributed by atoms with Gasteiger partial charge in [0.15, 0.2) is 0 Å². The fourth-order valence-electron chi connectivity index (χ4n) is 3.75. The van der Waals surface area contributed by atoms with Gasteiger partial charge in [0.1, 0.15) is 5.75 Å². The number of ether oxygens (including phenoxy) is 1. The van der Waals surface area contributed by atoms with Crippen LogP contribution >= 0.6 is 0 Å². The average Bonchev–Trinajstić information content (AvgIpc) is 3.15. The molecule has 1 aromatic heterocycles. The largest absolute Gasteiger partial charge is 0.494 e. The van der Waals surface area contributed by atoms with Crippen molar-refractivity contribution in [1.82, 2.24) is 14.7 Å². The topological polar surface area (TPSA) is 56.3 Å². The third kappa shape index (κ3) is 4.53. The molecule has 5 nitrogen and oxygen atoms in total. The van der Waals surface area contributed by atoms with Gasteiger partial charge in [-0.2, -0.15) is 5.10 Å². The third-order valence-corrected chi connectivity index (χ3v) is 5.18. The number of hydrogen-bond acceptors (Lipinski definition) is 4. The standard InChI is InChI=1S/C22H34N4O/c1-21(2,3)26-13-7-9-19(26)20-17-15-16(10-11-18(17)25(6)24-20)27-14-8-12-22(4,5)23/h7,9-11,15,19H,8,12-14,23H2,1-6H3.